The average molecular weight is 443 g/mol. The molecule has 2 aromatic carbocycles. The fourth-order valence-electron chi connectivity index (χ4n) is 2.84. The molecule has 1 aromatic heterocycles. The van der Waals surface area contributed by atoms with Crippen LogP contribution in [0.5, 0.6) is 10.8 Å². The van der Waals surface area contributed by atoms with E-state index < -0.39 is 5.82 Å². The van der Waals surface area contributed by atoms with Crippen LogP contribution in [0.15, 0.2) is 41.4 Å². The first-order valence-corrected chi connectivity index (χ1v) is 10.4. The summed E-state index contributed by atoms with van der Waals surface area (Å²) < 4.78 is 24.3. The van der Waals surface area contributed by atoms with E-state index in [0.29, 0.717) is 10.8 Å². The molecule has 0 amide bonds. The van der Waals surface area contributed by atoms with E-state index in [0.717, 1.165) is 28.6 Å². The number of nitrogens with zero attached hydrogens (tertiary/aromatic N) is 3. The summed E-state index contributed by atoms with van der Waals surface area (Å²) in [6.07, 6.45) is 0. The zero-order valence-corrected chi connectivity index (χ0v) is 18.5. The van der Waals surface area contributed by atoms with E-state index in [-0.39, 0.29) is 27.8 Å². The minimum absolute atomic E-state index is 0.168. The number of nitriles is 1. The fraction of sp³-hybridized carbons (Fsp3) is 0.227. The van der Waals surface area contributed by atoms with E-state index in [1.165, 1.54) is 6.07 Å². The van der Waals surface area contributed by atoms with Crippen molar-refractivity contribution in [1.82, 2.24) is 4.37 Å². The van der Waals surface area contributed by atoms with Gasteiger partial charge in [-0.1, -0.05) is 37.6 Å². The van der Waals surface area contributed by atoms with Gasteiger partial charge in [0.15, 0.2) is 0 Å². The maximum atomic E-state index is 14.2. The molecule has 0 radical (unpaired) electrons. The Morgan fingerprint density at radius 1 is 1.33 bits per heavy atom. The summed E-state index contributed by atoms with van der Waals surface area (Å²) in [6.45, 7) is 6.01. The Hall–Kier alpha value is -2.95. The number of halogens is 2. The van der Waals surface area contributed by atoms with Gasteiger partial charge in [-0.3, -0.25) is 4.99 Å². The van der Waals surface area contributed by atoms with Crippen molar-refractivity contribution in [2.75, 3.05) is 12.4 Å². The maximum absolute atomic E-state index is 14.2. The third kappa shape index (κ3) is 4.45. The highest BCUT2D eigenvalue weighted by Gasteiger charge is 2.21. The third-order valence-electron chi connectivity index (χ3n) is 4.43. The van der Waals surface area contributed by atoms with Crippen LogP contribution < -0.4 is 10.1 Å². The van der Waals surface area contributed by atoms with E-state index in [4.69, 9.17) is 16.3 Å². The zero-order valence-electron chi connectivity index (χ0n) is 17.0. The van der Waals surface area contributed by atoms with Gasteiger partial charge in [-0.25, -0.2) is 4.39 Å². The molecule has 0 atom stereocenters. The number of benzene rings is 2. The number of aromatic nitrogens is 1. The highest BCUT2D eigenvalue weighted by atomic mass is 35.5. The van der Waals surface area contributed by atoms with Crippen molar-refractivity contribution in [2.45, 2.75) is 20.8 Å². The maximum Gasteiger partial charge on any atom is 0.218 e. The third-order valence-corrected chi connectivity index (χ3v) is 5.46. The van der Waals surface area contributed by atoms with Crippen molar-refractivity contribution in [3.63, 3.8) is 0 Å². The molecule has 1 N–H and O–H groups in total. The van der Waals surface area contributed by atoms with Gasteiger partial charge in [0.25, 0.3) is 0 Å². The van der Waals surface area contributed by atoms with Gasteiger partial charge in [-0.05, 0) is 36.8 Å². The molecule has 3 aromatic rings. The summed E-state index contributed by atoms with van der Waals surface area (Å²) in [5.74, 6) is 1.01. The van der Waals surface area contributed by atoms with Crippen LogP contribution in [0.2, 0.25) is 5.02 Å². The molecule has 0 unspecified atom stereocenters. The van der Waals surface area contributed by atoms with Crippen LogP contribution in [0, 0.1) is 30.0 Å². The molecule has 30 heavy (non-hydrogen) atoms. The number of aryl methyl sites for hydroxylation is 1. The topological polar surface area (TPSA) is 70.3 Å². The quantitative estimate of drug-likeness (QED) is 0.353. The monoisotopic (exact) mass is 442 g/mol. The van der Waals surface area contributed by atoms with Crippen LogP contribution in [-0.4, -0.2) is 17.3 Å². The molecule has 1 heterocycles. The van der Waals surface area contributed by atoms with Gasteiger partial charge < -0.3 is 10.1 Å². The summed E-state index contributed by atoms with van der Waals surface area (Å²) in [5, 5.41) is 13.5. The molecular formula is C22H20ClFN4OS. The van der Waals surface area contributed by atoms with Gasteiger partial charge in [-0.15, -0.1) is 0 Å². The summed E-state index contributed by atoms with van der Waals surface area (Å²) in [5.41, 5.74) is 2.39. The molecule has 8 heteroatoms. The molecule has 0 saturated heterocycles. The molecule has 154 valence electrons. The lowest BCUT2D eigenvalue weighted by Gasteiger charge is -2.16. The average Bonchev–Trinajstić information content (AvgIpc) is 3.11. The van der Waals surface area contributed by atoms with Gasteiger partial charge in [0.2, 0.25) is 5.06 Å². The van der Waals surface area contributed by atoms with E-state index in [2.05, 4.69) is 20.8 Å². The molecule has 5 nitrogen and oxygen atoms in total. The SMILES string of the molecule is CN=C(Nc1cc(Cl)c(Oc2snc(-c3ccccc3F)c2C#N)cc1C)C(C)C. The van der Waals surface area contributed by atoms with E-state index >= 15 is 0 Å². The molecule has 0 fully saturated rings. The standard InChI is InChI=1S/C22H20ClFN4OS/c1-12(2)21(26-4)27-18-10-16(23)19(9-13(18)3)29-22-15(11-25)20(28-30-22)14-7-5-6-8-17(14)24/h5-10,12H,1-4H3,(H,26,27). The van der Waals surface area contributed by atoms with Gasteiger partial charge in [0.1, 0.15) is 34.7 Å². The lowest BCUT2D eigenvalue weighted by molar-refractivity contribution is 0.495. The predicted molar refractivity (Wildman–Crippen MR) is 120 cm³/mol. The highest BCUT2D eigenvalue weighted by Crippen LogP contribution is 2.40. The largest absolute Gasteiger partial charge is 0.442 e. The lowest BCUT2D eigenvalue weighted by Crippen LogP contribution is -2.19. The Balaban J connectivity index is 1.93. The number of hydrogen-bond acceptors (Lipinski definition) is 5. The molecule has 0 aliphatic carbocycles. The van der Waals surface area contributed by atoms with Crippen LogP contribution in [0.4, 0.5) is 10.1 Å². The first-order valence-electron chi connectivity index (χ1n) is 9.22. The molecule has 0 bridgehead atoms. The van der Waals surface area contributed by atoms with Crippen molar-refractivity contribution in [3.8, 4) is 28.1 Å². The van der Waals surface area contributed by atoms with Crippen molar-refractivity contribution >= 4 is 34.7 Å². The van der Waals surface area contributed by atoms with Crippen LogP contribution in [0.1, 0.15) is 25.0 Å². The van der Waals surface area contributed by atoms with Gasteiger partial charge >= 0.3 is 0 Å². The smallest absolute Gasteiger partial charge is 0.218 e. The number of rotatable bonds is 5. The Morgan fingerprint density at radius 3 is 2.70 bits per heavy atom. The normalized spacial score (nSPS) is 11.5. The molecule has 0 aliphatic rings. The Morgan fingerprint density at radius 2 is 2.07 bits per heavy atom. The zero-order chi connectivity index (χ0) is 21.8. The Kier molecular flexibility index (Phi) is 6.70. The second-order valence-electron chi connectivity index (χ2n) is 6.87. The minimum atomic E-state index is -0.450. The van der Waals surface area contributed by atoms with Gasteiger partial charge in [-0.2, -0.15) is 9.64 Å². The predicted octanol–water partition coefficient (Wildman–Crippen LogP) is 6.67. The number of aliphatic imine (C=N–C) groups is 1. The van der Waals surface area contributed by atoms with Crippen LogP contribution in [-0.2, 0) is 0 Å². The fourth-order valence-corrected chi connectivity index (χ4v) is 3.77. The molecule has 0 saturated carbocycles. The number of amidine groups is 1. The Labute approximate surface area is 184 Å². The Bertz CT molecular complexity index is 1150. The highest BCUT2D eigenvalue weighted by molar-refractivity contribution is 7.08. The van der Waals surface area contributed by atoms with Crippen LogP contribution in [0.25, 0.3) is 11.3 Å². The summed E-state index contributed by atoms with van der Waals surface area (Å²) >= 11 is 7.42. The van der Waals surface area contributed by atoms with Crippen LogP contribution >= 0.6 is 23.1 Å². The van der Waals surface area contributed by atoms with Gasteiger partial charge in [0.05, 0.1) is 5.02 Å². The van der Waals surface area contributed by atoms with Crippen molar-refractivity contribution in [1.29, 1.82) is 5.26 Å². The first kappa shape index (κ1) is 21.8. The number of ether oxygens (including phenoxy) is 1. The second kappa shape index (κ2) is 9.24. The molecule has 0 aliphatic heterocycles. The second-order valence-corrected chi connectivity index (χ2v) is 8.02. The van der Waals surface area contributed by atoms with E-state index in [9.17, 15) is 9.65 Å². The summed E-state index contributed by atoms with van der Waals surface area (Å²) in [4.78, 5) is 4.26. The van der Waals surface area contributed by atoms with Gasteiger partial charge in [0, 0.05) is 35.7 Å². The number of nitrogens with one attached hydrogen (secondary N) is 1. The summed E-state index contributed by atoms with van der Waals surface area (Å²) in [6, 6.07) is 11.8. The minimum Gasteiger partial charge on any atom is -0.442 e. The number of hydrogen-bond donors (Lipinski definition) is 1. The molecular weight excluding hydrogens is 423 g/mol. The molecule has 0 spiro atoms. The van der Waals surface area contributed by atoms with Crippen LogP contribution in [0.3, 0.4) is 0 Å². The summed E-state index contributed by atoms with van der Waals surface area (Å²) in [7, 11) is 1.73. The first-order chi connectivity index (χ1) is 14.3. The molecule has 3 rings (SSSR count). The van der Waals surface area contributed by atoms with Crippen molar-refractivity contribution in [2.24, 2.45) is 10.9 Å². The van der Waals surface area contributed by atoms with E-state index in [1.54, 1.807) is 37.4 Å². The van der Waals surface area contributed by atoms with E-state index in [1.807, 2.05) is 20.8 Å². The van der Waals surface area contributed by atoms with Crippen molar-refractivity contribution in [3.05, 3.63) is 58.4 Å². The lowest BCUT2D eigenvalue weighted by atomic mass is 10.1. The van der Waals surface area contributed by atoms with Crippen molar-refractivity contribution < 1.29 is 9.13 Å². The number of anilines is 1.